The Morgan fingerprint density at radius 3 is 2.39 bits per heavy atom. The van der Waals surface area contributed by atoms with E-state index in [-0.39, 0.29) is 17.1 Å². The van der Waals surface area contributed by atoms with Crippen LogP contribution < -0.4 is 11.3 Å². The van der Waals surface area contributed by atoms with E-state index in [2.05, 4.69) is 45.1 Å². The molecule has 1 aliphatic rings. The number of nitrogen functional groups attached to an aromatic ring is 1. The monoisotopic (exact) mass is 464 g/mol. The van der Waals surface area contributed by atoms with Crippen LogP contribution in [-0.2, 0) is 13.8 Å². The predicted octanol–water partition coefficient (Wildman–Crippen LogP) is -1.22. The van der Waals surface area contributed by atoms with E-state index in [9.17, 15) is 19.6 Å². The molecule has 0 unspecified atom stereocenters. The first-order chi connectivity index (χ1) is 14.5. The summed E-state index contributed by atoms with van der Waals surface area (Å²) in [5.41, 5.74) is 5.10. The minimum absolute atomic E-state index is 0.0176. The van der Waals surface area contributed by atoms with Gasteiger partial charge in [0, 0.05) is 0 Å². The zero-order chi connectivity index (χ0) is 23.3. The summed E-state index contributed by atoms with van der Waals surface area (Å²) in [4.78, 5) is 41.5. The van der Waals surface area contributed by atoms with Gasteiger partial charge in [-0.15, -0.1) is 0 Å². The van der Waals surface area contributed by atoms with Crippen molar-refractivity contribution in [1.29, 1.82) is 0 Å². The number of rotatable bonds is 7. The van der Waals surface area contributed by atoms with Gasteiger partial charge in [-0.3, -0.25) is 13.9 Å². The number of hydrogen-bond donors (Lipinski definition) is 6. The maximum atomic E-state index is 11.7. The minimum atomic E-state index is -4.77. The number of nitrogens with two attached hydrogens (primary N) is 1. The fourth-order valence-corrected chi connectivity index (χ4v) is 3.45. The van der Waals surface area contributed by atoms with Crippen LogP contribution in [-0.4, -0.2) is 89.0 Å². The zero-order valence-corrected chi connectivity index (χ0v) is 18.3. The van der Waals surface area contributed by atoms with Crippen molar-refractivity contribution in [2.75, 3.05) is 32.0 Å². The van der Waals surface area contributed by atoms with Gasteiger partial charge in [0.05, 0.1) is 12.9 Å². The summed E-state index contributed by atoms with van der Waals surface area (Å²) < 4.78 is 21.5. The SMILES string of the molecule is CCN(CC)CC.Nc1nc2c(=O)[nH]cnc2n1[C@@H]1O[C@H](COP(=O)(O)O)[C@@H](O)[C@H]1O. The Labute approximate surface area is 177 Å². The molecule has 0 radical (unpaired) electrons. The van der Waals surface area contributed by atoms with Crippen LogP contribution in [0.2, 0.25) is 0 Å². The average molecular weight is 464 g/mol. The lowest BCUT2D eigenvalue weighted by Gasteiger charge is -2.17. The van der Waals surface area contributed by atoms with E-state index < -0.39 is 44.5 Å². The molecular formula is C16H29N6O8P. The first-order valence-corrected chi connectivity index (χ1v) is 11.2. The molecule has 1 saturated heterocycles. The molecule has 2 aromatic rings. The van der Waals surface area contributed by atoms with Gasteiger partial charge in [0.15, 0.2) is 17.4 Å². The maximum absolute atomic E-state index is 11.7. The van der Waals surface area contributed by atoms with Crippen LogP contribution in [0.15, 0.2) is 11.1 Å². The van der Waals surface area contributed by atoms with Gasteiger partial charge in [0.25, 0.3) is 5.56 Å². The Balaban J connectivity index is 0.000000423. The normalized spacial score (nSPS) is 23.9. The number of phosphoric ester groups is 1. The van der Waals surface area contributed by atoms with Crippen LogP contribution in [0, 0.1) is 0 Å². The molecule has 1 fully saturated rings. The summed E-state index contributed by atoms with van der Waals surface area (Å²) >= 11 is 0. The highest BCUT2D eigenvalue weighted by Crippen LogP contribution is 2.39. The lowest BCUT2D eigenvalue weighted by molar-refractivity contribution is -0.0493. The molecule has 0 aromatic carbocycles. The van der Waals surface area contributed by atoms with E-state index in [1.807, 2.05) is 0 Å². The molecular weight excluding hydrogens is 435 g/mol. The number of ether oxygens (including phenoxy) is 1. The van der Waals surface area contributed by atoms with E-state index in [1.165, 1.54) is 19.6 Å². The van der Waals surface area contributed by atoms with E-state index in [4.69, 9.17) is 20.3 Å². The molecule has 0 spiro atoms. The highest BCUT2D eigenvalue weighted by molar-refractivity contribution is 7.46. The summed E-state index contributed by atoms with van der Waals surface area (Å²) in [6, 6.07) is 0. The van der Waals surface area contributed by atoms with Gasteiger partial charge >= 0.3 is 7.82 Å². The topological polar surface area (TPSA) is 209 Å². The number of fused-ring (bicyclic) bond motifs is 1. The van der Waals surface area contributed by atoms with Crippen LogP contribution in [0.25, 0.3) is 11.2 Å². The number of anilines is 1. The standard InChI is InChI=1S/C10H14N5O8P.C6H15N/c11-10-14-4-7(12-2-13-8(4)18)15(10)9-6(17)5(16)3(23-9)1-22-24(19,20)21;1-4-7(5-2)6-3/h2-3,5-6,9,16-17H,1H2,(H2,11,14)(H,12,13,18)(H2,19,20,21);4-6H2,1-3H3/t3-,5-,6-,9-;/m1./s1. The summed E-state index contributed by atoms with van der Waals surface area (Å²) in [6.45, 7) is 9.46. The summed E-state index contributed by atoms with van der Waals surface area (Å²) in [5, 5.41) is 20.1. The van der Waals surface area contributed by atoms with Crippen LogP contribution in [0.4, 0.5) is 5.95 Å². The van der Waals surface area contributed by atoms with Crippen molar-refractivity contribution < 1.29 is 33.8 Å². The number of aliphatic hydroxyl groups excluding tert-OH is 2. The van der Waals surface area contributed by atoms with E-state index >= 15 is 0 Å². The van der Waals surface area contributed by atoms with Crippen molar-refractivity contribution in [3.05, 3.63) is 16.7 Å². The Bertz CT molecular complexity index is 952. The van der Waals surface area contributed by atoms with Crippen LogP contribution in [0.5, 0.6) is 0 Å². The number of nitrogens with zero attached hydrogens (tertiary/aromatic N) is 4. The third-order valence-electron chi connectivity index (χ3n) is 4.85. The van der Waals surface area contributed by atoms with Crippen LogP contribution in [0.3, 0.4) is 0 Å². The van der Waals surface area contributed by atoms with Gasteiger partial charge in [-0.25, -0.2) is 14.5 Å². The van der Waals surface area contributed by atoms with Gasteiger partial charge < -0.3 is 40.4 Å². The van der Waals surface area contributed by atoms with Gasteiger partial charge in [-0.2, -0.15) is 0 Å². The number of H-pyrrole nitrogens is 1. The van der Waals surface area contributed by atoms with E-state index in [0.29, 0.717) is 0 Å². The van der Waals surface area contributed by atoms with Crippen LogP contribution in [0.1, 0.15) is 27.0 Å². The number of imidazole rings is 1. The van der Waals surface area contributed by atoms with Crippen molar-refractivity contribution in [1.82, 2.24) is 24.4 Å². The highest BCUT2D eigenvalue weighted by atomic mass is 31.2. The molecule has 15 heteroatoms. The smallest absolute Gasteiger partial charge is 0.387 e. The summed E-state index contributed by atoms with van der Waals surface area (Å²) in [6.07, 6.45) is -4.44. The highest BCUT2D eigenvalue weighted by Gasteiger charge is 2.45. The summed E-state index contributed by atoms with van der Waals surface area (Å²) in [5.74, 6) is -0.193. The number of aliphatic hydroxyl groups is 2. The van der Waals surface area contributed by atoms with Crippen molar-refractivity contribution in [2.45, 2.75) is 45.3 Å². The third-order valence-corrected chi connectivity index (χ3v) is 5.34. The molecule has 2 aromatic heterocycles. The molecule has 3 rings (SSSR count). The zero-order valence-electron chi connectivity index (χ0n) is 17.5. The molecule has 31 heavy (non-hydrogen) atoms. The molecule has 0 aliphatic carbocycles. The Hall–Kier alpha value is -1.90. The lowest BCUT2D eigenvalue weighted by Crippen LogP contribution is -2.33. The molecule has 176 valence electrons. The van der Waals surface area contributed by atoms with Crippen LogP contribution >= 0.6 is 7.82 Å². The number of nitrogens with one attached hydrogen (secondary N) is 1. The number of phosphoric acid groups is 1. The Kier molecular flexibility index (Phi) is 8.68. The Morgan fingerprint density at radius 2 is 1.87 bits per heavy atom. The van der Waals surface area contributed by atoms with E-state index in [1.54, 1.807) is 0 Å². The van der Waals surface area contributed by atoms with Crippen molar-refractivity contribution >= 4 is 24.9 Å². The third kappa shape index (κ3) is 6.08. The predicted molar refractivity (Wildman–Crippen MR) is 110 cm³/mol. The number of aromatic nitrogens is 4. The largest absolute Gasteiger partial charge is 0.469 e. The molecule has 0 amide bonds. The molecule has 1 aliphatic heterocycles. The second-order valence-corrected chi connectivity index (χ2v) is 7.94. The van der Waals surface area contributed by atoms with Crippen molar-refractivity contribution in [3.8, 4) is 0 Å². The molecule has 0 bridgehead atoms. The minimum Gasteiger partial charge on any atom is -0.387 e. The molecule has 3 heterocycles. The lowest BCUT2D eigenvalue weighted by atomic mass is 10.1. The van der Waals surface area contributed by atoms with Gasteiger partial charge in [0.2, 0.25) is 5.95 Å². The van der Waals surface area contributed by atoms with Gasteiger partial charge in [0.1, 0.15) is 18.3 Å². The maximum Gasteiger partial charge on any atom is 0.469 e. The molecule has 0 saturated carbocycles. The first kappa shape index (κ1) is 25.4. The second kappa shape index (κ2) is 10.6. The second-order valence-electron chi connectivity index (χ2n) is 6.70. The average Bonchev–Trinajstić information content (AvgIpc) is 3.19. The summed E-state index contributed by atoms with van der Waals surface area (Å²) in [7, 11) is -4.77. The fourth-order valence-electron chi connectivity index (χ4n) is 3.11. The molecule has 7 N–H and O–H groups in total. The first-order valence-electron chi connectivity index (χ1n) is 9.69. The number of hydrogen-bond acceptors (Lipinski definition) is 10. The van der Waals surface area contributed by atoms with E-state index in [0.717, 1.165) is 10.9 Å². The number of aromatic amines is 1. The van der Waals surface area contributed by atoms with Crippen molar-refractivity contribution in [2.24, 2.45) is 0 Å². The van der Waals surface area contributed by atoms with Gasteiger partial charge in [-0.05, 0) is 19.6 Å². The van der Waals surface area contributed by atoms with Gasteiger partial charge in [-0.1, -0.05) is 20.8 Å². The molecule has 4 atom stereocenters. The van der Waals surface area contributed by atoms with Crippen molar-refractivity contribution in [3.63, 3.8) is 0 Å². The quantitative estimate of drug-likeness (QED) is 0.266. The Morgan fingerprint density at radius 1 is 1.26 bits per heavy atom. The fraction of sp³-hybridized carbons (Fsp3) is 0.688. The molecule has 14 nitrogen and oxygen atoms in total.